The minimum absolute atomic E-state index is 0.0399. The number of ether oxygens (including phenoxy) is 1. The van der Waals surface area contributed by atoms with Gasteiger partial charge in [-0.3, -0.25) is 9.59 Å². The van der Waals surface area contributed by atoms with Gasteiger partial charge in [-0.1, -0.05) is 0 Å². The average molecular weight is 399 g/mol. The highest BCUT2D eigenvalue weighted by molar-refractivity contribution is 5.76. The average Bonchev–Trinajstić information content (AvgIpc) is 2.75. The van der Waals surface area contributed by atoms with Gasteiger partial charge < -0.3 is 19.4 Å². The highest BCUT2D eigenvalue weighted by Crippen LogP contribution is 2.19. The first-order valence-corrected chi connectivity index (χ1v) is 9.83. The van der Waals surface area contributed by atoms with Crippen molar-refractivity contribution in [1.29, 1.82) is 0 Å². The Labute approximate surface area is 168 Å². The summed E-state index contributed by atoms with van der Waals surface area (Å²) in [5.74, 6) is 1.51. The van der Waals surface area contributed by atoms with Crippen LogP contribution in [0.4, 0.5) is 11.8 Å². The van der Waals surface area contributed by atoms with Crippen LogP contribution in [0.1, 0.15) is 5.69 Å². The molecule has 0 spiro atoms. The van der Waals surface area contributed by atoms with Gasteiger partial charge in [0.1, 0.15) is 12.4 Å². The van der Waals surface area contributed by atoms with Gasteiger partial charge in [0, 0.05) is 63.3 Å². The van der Waals surface area contributed by atoms with Gasteiger partial charge in [0.15, 0.2) is 0 Å². The Morgan fingerprint density at radius 1 is 1.07 bits per heavy atom. The number of morpholine rings is 1. The van der Waals surface area contributed by atoms with Crippen LogP contribution in [0.3, 0.4) is 0 Å². The van der Waals surface area contributed by atoms with E-state index in [9.17, 15) is 9.59 Å². The van der Waals surface area contributed by atoms with Crippen molar-refractivity contribution in [3.63, 3.8) is 0 Å². The van der Waals surface area contributed by atoms with Crippen molar-refractivity contribution in [2.24, 2.45) is 0 Å². The summed E-state index contributed by atoms with van der Waals surface area (Å²) in [6, 6.07) is 4.97. The van der Waals surface area contributed by atoms with E-state index in [4.69, 9.17) is 9.72 Å². The molecule has 0 bridgehead atoms. The van der Waals surface area contributed by atoms with Gasteiger partial charge in [-0.15, -0.1) is 0 Å². The van der Waals surface area contributed by atoms with Crippen molar-refractivity contribution >= 4 is 17.7 Å². The second-order valence-electron chi connectivity index (χ2n) is 7.15. The number of carbonyl (C=O) groups excluding carboxylic acids is 1. The van der Waals surface area contributed by atoms with Crippen LogP contribution in [0, 0.1) is 6.92 Å². The van der Waals surface area contributed by atoms with Gasteiger partial charge in [0.2, 0.25) is 11.9 Å². The molecule has 0 saturated carbocycles. The molecule has 0 aromatic carbocycles. The number of aromatic nitrogens is 4. The Bertz CT molecular complexity index is 918. The zero-order valence-corrected chi connectivity index (χ0v) is 16.5. The molecule has 2 saturated heterocycles. The fraction of sp³-hybridized carbons (Fsp3) is 0.526. The van der Waals surface area contributed by atoms with Crippen molar-refractivity contribution in [1.82, 2.24) is 24.6 Å². The first-order chi connectivity index (χ1) is 14.1. The number of nitrogens with zero attached hydrogens (tertiary/aromatic N) is 7. The molecule has 4 heterocycles. The highest BCUT2D eigenvalue weighted by Gasteiger charge is 2.24. The van der Waals surface area contributed by atoms with Crippen LogP contribution in [0.25, 0.3) is 0 Å². The molecule has 2 aliphatic heterocycles. The Hall–Kier alpha value is -3.01. The summed E-state index contributed by atoms with van der Waals surface area (Å²) in [4.78, 5) is 39.7. The molecule has 0 atom stereocenters. The number of rotatable bonds is 4. The van der Waals surface area contributed by atoms with E-state index in [1.807, 2.05) is 13.0 Å². The maximum Gasteiger partial charge on any atom is 0.267 e. The second-order valence-corrected chi connectivity index (χ2v) is 7.15. The van der Waals surface area contributed by atoms with E-state index in [0.29, 0.717) is 45.3 Å². The summed E-state index contributed by atoms with van der Waals surface area (Å²) in [7, 11) is 0. The molecular formula is C19H25N7O3. The Morgan fingerprint density at radius 2 is 1.83 bits per heavy atom. The molecule has 0 unspecified atom stereocenters. The van der Waals surface area contributed by atoms with Gasteiger partial charge in [-0.25, -0.2) is 9.67 Å². The molecule has 2 aromatic heterocycles. The predicted octanol–water partition coefficient (Wildman–Crippen LogP) is -0.473. The van der Waals surface area contributed by atoms with Crippen LogP contribution >= 0.6 is 0 Å². The van der Waals surface area contributed by atoms with E-state index in [2.05, 4.69) is 19.9 Å². The lowest BCUT2D eigenvalue weighted by Crippen LogP contribution is -2.50. The van der Waals surface area contributed by atoms with Crippen LogP contribution in [0.2, 0.25) is 0 Å². The van der Waals surface area contributed by atoms with Crippen LogP contribution < -0.4 is 15.4 Å². The van der Waals surface area contributed by atoms with Crippen molar-refractivity contribution in [3.05, 3.63) is 40.4 Å². The largest absolute Gasteiger partial charge is 0.378 e. The Morgan fingerprint density at radius 3 is 2.55 bits per heavy atom. The van der Waals surface area contributed by atoms with E-state index in [-0.39, 0.29) is 18.0 Å². The third-order valence-electron chi connectivity index (χ3n) is 5.15. The fourth-order valence-corrected chi connectivity index (χ4v) is 3.52. The van der Waals surface area contributed by atoms with E-state index in [0.717, 1.165) is 24.6 Å². The fourth-order valence-electron chi connectivity index (χ4n) is 3.52. The van der Waals surface area contributed by atoms with Gasteiger partial charge in [-0.2, -0.15) is 10.1 Å². The van der Waals surface area contributed by atoms with E-state index >= 15 is 0 Å². The van der Waals surface area contributed by atoms with E-state index in [1.165, 1.54) is 16.9 Å². The lowest BCUT2D eigenvalue weighted by molar-refractivity contribution is -0.132. The van der Waals surface area contributed by atoms with Crippen molar-refractivity contribution in [3.8, 4) is 0 Å². The third kappa shape index (κ3) is 4.53. The minimum atomic E-state index is -0.275. The summed E-state index contributed by atoms with van der Waals surface area (Å²) in [5.41, 5.74) is 0.646. The summed E-state index contributed by atoms with van der Waals surface area (Å²) >= 11 is 0. The quantitative estimate of drug-likeness (QED) is 0.681. The number of aryl methyl sites for hydroxylation is 1. The summed E-state index contributed by atoms with van der Waals surface area (Å²) < 4.78 is 6.61. The number of hydrogen-bond donors (Lipinski definition) is 0. The summed E-state index contributed by atoms with van der Waals surface area (Å²) in [6.45, 7) is 7.41. The maximum absolute atomic E-state index is 12.5. The Kier molecular flexibility index (Phi) is 5.70. The van der Waals surface area contributed by atoms with Gasteiger partial charge in [-0.05, 0) is 13.0 Å². The zero-order valence-electron chi connectivity index (χ0n) is 16.5. The van der Waals surface area contributed by atoms with Crippen LogP contribution in [-0.4, -0.2) is 83.0 Å². The van der Waals surface area contributed by atoms with Gasteiger partial charge in [0.05, 0.1) is 13.2 Å². The molecule has 1 amide bonds. The smallest absolute Gasteiger partial charge is 0.267 e. The number of hydrogen-bond acceptors (Lipinski definition) is 8. The van der Waals surface area contributed by atoms with Crippen molar-refractivity contribution < 1.29 is 9.53 Å². The second kappa shape index (κ2) is 8.56. The molecule has 2 aromatic rings. The molecular weight excluding hydrogens is 374 g/mol. The monoisotopic (exact) mass is 399 g/mol. The SMILES string of the molecule is Cc1cc(N2CCOCC2)nc(N2CCN(C(=O)Cn3ncccc3=O)CC2)n1. The third-order valence-corrected chi connectivity index (χ3v) is 5.15. The molecule has 10 nitrogen and oxygen atoms in total. The molecule has 29 heavy (non-hydrogen) atoms. The minimum Gasteiger partial charge on any atom is -0.378 e. The molecule has 2 fully saturated rings. The van der Waals surface area contributed by atoms with Crippen molar-refractivity contribution in [2.45, 2.75) is 13.5 Å². The predicted molar refractivity (Wildman–Crippen MR) is 107 cm³/mol. The zero-order chi connectivity index (χ0) is 20.2. The highest BCUT2D eigenvalue weighted by atomic mass is 16.5. The molecule has 0 radical (unpaired) electrons. The molecule has 10 heteroatoms. The standard InChI is InChI=1S/C19H25N7O3/c1-15-13-16(23-9-11-29-12-10-23)22-19(21-15)25-7-5-24(6-8-25)18(28)14-26-17(27)3-2-4-20-26/h2-4,13H,5-12,14H2,1H3. The van der Waals surface area contributed by atoms with Crippen LogP contribution in [0.15, 0.2) is 29.2 Å². The molecule has 2 aliphatic rings. The van der Waals surface area contributed by atoms with E-state index in [1.54, 1.807) is 11.0 Å². The summed E-state index contributed by atoms with van der Waals surface area (Å²) in [5, 5.41) is 3.95. The number of amides is 1. The van der Waals surface area contributed by atoms with Crippen LogP contribution in [0.5, 0.6) is 0 Å². The summed E-state index contributed by atoms with van der Waals surface area (Å²) in [6.07, 6.45) is 1.51. The van der Waals surface area contributed by atoms with Crippen LogP contribution in [-0.2, 0) is 16.1 Å². The van der Waals surface area contributed by atoms with E-state index < -0.39 is 0 Å². The lowest BCUT2D eigenvalue weighted by Gasteiger charge is -2.35. The van der Waals surface area contributed by atoms with Gasteiger partial charge >= 0.3 is 0 Å². The number of piperazine rings is 1. The Balaban J connectivity index is 1.39. The topological polar surface area (TPSA) is 96.7 Å². The maximum atomic E-state index is 12.5. The number of anilines is 2. The normalized spacial score (nSPS) is 17.5. The first-order valence-electron chi connectivity index (χ1n) is 9.83. The first kappa shape index (κ1) is 19.3. The molecule has 154 valence electrons. The van der Waals surface area contributed by atoms with Gasteiger partial charge in [0.25, 0.3) is 5.56 Å². The molecule has 0 aliphatic carbocycles. The molecule has 0 N–H and O–H groups in total. The lowest BCUT2D eigenvalue weighted by atomic mass is 10.3. The molecule has 4 rings (SSSR count). The van der Waals surface area contributed by atoms with Crippen molar-refractivity contribution in [2.75, 3.05) is 62.3 Å². The number of carbonyl (C=O) groups is 1.